The summed E-state index contributed by atoms with van der Waals surface area (Å²) in [7, 11) is -1.02. The van der Waals surface area contributed by atoms with E-state index in [1.54, 1.807) is 6.07 Å². The van der Waals surface area contributed by atoms with Crippen LogP contribution in [0.15, 0.2) is 42.5 Å². The normalized spacial score (nSPS) is 11.8. The summed E-state index contributed by atoms with van der Waals surface area (Å²) < 4.78 is 5.76. The second-order valence-electron chi connectivity index (χ2n) is 7.29. The van der Waals surface area contributed by atoms with Gasteiger partial charge in [0.25, 0.3) is 0 Å². The fraction of sp³-hybridized carbons (Fsp3) is 0.316. The van der Waals surface area contributed by atoms with Crippen LogP contribution in [-0.2, 0) is 0 Å². The van der Waals surface area contributed by atoms with Crippen LogP contribution in [0.1, 0.15) is 6.42 Å². The van der Waals surface area contributed by atoms with Crippen molar-refractivity contribution in [2.45, 2.75) is 32.1 Å². The number of aromatic amines is 1. The lowest BCUT2D eigenvalue weighted by molar-refractivity contribution is 0.315. The molecule has 0 spiro atoms. The number of ether oxygens (including phenoxy) is 1. The number of phenolic OH excluding ortho intramolecular Hbond substituents is 1. The number of nitrogens with one attached hydrogen (secondary N) is 1. The lowest BCUT2D eigenvalue weighted by Crippen LogP contribution is -2.19. The molecule has 2 N–H and O–H groups in total. The lowest BCUT2D eigenvalue weighted by atomic mass is 10.2. The first-order chi connectivity index (χ1) is 11.4. The highest BCUT2D eigenvalue weighted by atomic mass is 28.3. The molecule has 1 aromatic heterocycles. The minimum atomic E-state index is -1.02. The first-order valence-corrected chi connectivity index (χ1v) is 12.0. The van der Waals surface area contributed by atoms with Crippen LogP contribution in [0.4, 0.5) is 0 Å². The van der Waals surface area contributed by atoms with Crippen LogP contribution in [-0.4, -0.2) is 29.8 Å². The number of rotatable bonds is 6. The molecule has 0 atom stereocenters. The highest BCUT2D eigenvalue weighted by molar-refractivity contribution is 6.76. The van der Waals surface area contributed by atoms with Gasteiger partial charge in [0.2, 0.25) is 0 Å². The highest BCUT2D eigenvalue weighted by Gasteiger charge is 2.13. The quantitative estimate of drug-likeness (QED) is 0.488. The van der Waals surface area contributed by atoms with E-state index >= 15 is 0 Å². The summed E-state index contributed by atoms with van der Waals surface area (Å²) in [5.74, 6) is 1.54. The molecule has 0 saturated heterocycles. The van der Waals surface area contributed by atoms with Crippen molar-refractivity contribution in [1.82, 2.24) is 9.97 Å². The third-order valence-electron chi connectivity index (χ3n) is 3.95. The summed E-state index contributed by atoms with van der Waals surface area (Å²) in [4.78, 5) is 7.76. The standard InChI is InChI=1S/C19H24N2O2Si/c1-24(2,3)12-6-11-23-14-9-10-15(18(22)13-14)19-20-16-7-4-5-8-17(16)21-19/h4-5,7-10,13,22H,6,11-12H2,1-3H3,(H,20,21). The van der Waals surface area contributed by atoms with E-state index in [0.717, 1.165) is 17.5 Å². The number of aromatic hydroxyl groups is 1. The first-order valence-electron chi connectivity index (χ1n) is 8.33. The second-order valence-corrected chi connectivity index (χ2v) is 12.9. The Balaban J connectivity index is 1.70. The van der Waals surface area contributed by atoms with Gasteiger partial charge in [0.15, 0.2) is 0 Å². The molecule has 0 bridgehead atoms. The van der Waals surface area contributed by atoms with Gasteiger partial charge in [0.05, 0.1) is 23.2 Å². The Morgan fingerprint density at radius 1 is 1.12 bits per heavy atom. The van der Waals surface area contributed by atoms with E-state index in [0.29, 0.717) is 23.7 Å². The molecule has 126 valence electrons. The summed E-state index contributed by atoms with van der Waals surface area (Å²) in [6, 6.07) is 14.5. The maximum atomic E-state index is 10.3. The molecule has 0 aliphatic rings. The smallest absolute Gasteiger partial charge is 0.142 e. The molecule has 2 aromatic carbocycles. The number of benzene rings is 2. The Labute approximate surface area is 143 Å². The molecule has 0 saturated carbocycles. The van der Waals surface area contributed by atoms with E-state index in [-0.39, 0.29) is 5.75 Å². The van der Waals surface area contributed by atoms with Gasteiger partial charge in [-0.3, -0.25) is 0 Å². The average Bonchev–Trinajstić information content (AvgIpc) is 2.94. The van der Waals surface area contributed by atoms with Crippen LogP contribution in [0.5, 0.6) is 11.5 Å². The van der Waals surface area contributed by atoms with Gasteiger partial charge in [-0.05, 0) is 30.7 Å². The van der Waals surface area contributed by atoms with Crippen molar-refractivity contribution in [2.75, 3.05) is 6.61 Å². The van der Waals surface area contributed by atoms with Crippen molar-refractivity contribution in [3.63, 3.8) is 0 Å². The largest absolute Gasteiger partial charge is 0.507 e. The Bertz CT molecular complexity index is 804. The summed E-state index contributed by atoms with van der Waals surface area (Å²) in [5.41, 5.74) is 2.53. The van der Waals surface area contributed by atoms with Gasteiger partial charge in [-0.2, -0.15) is 0 Å². The maximum Gasteiger partial charge on any atom is 0.142 e. The number of nitrogens with zero attached hydrogens (tertiary/aromatic N) is 1. The van der Waals surface area contributed by atoms with E-state index < -0.39 is 8.07 Å². The van der Waals surface area contributed by atoms with Gasteiger partial charge in [-0.25, -0.2) is 4.98 Å². The van der Waals surface area contributed by atoms with Crippen LogP contribution in [0.2, 0.25) is 25.7 Å². The monoisotopic (exact) mass is 340 g/mol. The van der Waals surface area contributed by atoms with Crippen molar-refractivity contribution in [1.29, 1.82) is 0 Å². The molecule has 5 heteroatoms. The molecule has 0 amide bonds. The first kappa shape index (κ1) is 16.6. The number of fused-ring (bicyclic) bond motifs is 1. The van der Waals surface area contributed by atoms with Crippen LogP contribution in [0, 0.1) is 0 Å². The van der Waals surface area contributed by atoms with Gasteiger partial charge in [0, 0.05) is 14.1 Å². The fourth-order valence-electron chi connectivity index (χ4n) is 2.67. The molecule has 1 heterocycles. The van der Waals surface area contributed by atoms with E-state index in [4.69, 9.17) is 4.74 Å². The number of hydrogen-bond donors (Lipinski definition) is 2. The third kappa shape index (κ3) is 3.97. The highest BCUT2D eigenvalue weighted by Crippen LogP contribution is 2.32. The number of phenols is 1. The van der Waals surface area contributed by atoms with Crippen molar-refractivity contribution >= 4 is 19.1 Å². The van der Waals surface area contributed by atoms with Gasteiger partial charge < -0.3 is 14.8 Å². The molecule has 3 aromatic rings. The molecule has 0 aliphatic heterocycles. The Kier molecular flexibility index (Phi) is 4.62. The zero-order chi connectivity index (χ0) is 17.2. The van der Waals surface area contributed by atoms with Crippen molar-refractivity contribution in [3.8, 4) is 22.9 Å². The van der Waals surface area contributed by atoms with Crippen LogP contribution in [0.3, 0.4) is 0 Å². The number of hydrogen-bond acceptors (Lipinski definition) is 3. The maximum absolute atomic E-state index is 10.3. The topological polar surface area (TPSA) is 58.1 Å². The predicted molar refractivity (Wildman–Crippen MR) is 101 cm³/mol. The lowest BCUT2D eigenvalue weighted by Gasteiger charge is -2.15. The Morgan fingerprint density at radius 3 is 2.62 bits per heavy atom. The van der Waals surface area contributed by atoms with Crippen molar-refractivity contribution in [3.05, 3.63) is 42.5 Å². The molecule has 0 aliphatic carbocycles. The summed E-state index contributed by atoms with van der Waals surface area (Å²) in [5, 5.41) is 10.3. The molecular formula is C19H24N2O2Si. The summed E-state index contributed by atoms with van der Waals surface area (Å²) in [6.45, 7) is 7.77. The van der Waals surface area contributed by atoms with E-state index in [2.05, 4.69) is 29.6 Å². The van der Waals surface area contributed by atoms with Gasteiger partial charge >= 0.3 is 0 Å². The number of para-hydroxylation sites is 2. The fourth-order valence-corrected chi connectivity index (χ4v) is 3.88. The average molecular weight is 340 g/mol. The zero-order valence-corrected chi connectivity index (χ0v) is 15.5. The van der Waals surface area contributed by atoms with E-state index in [1.807, 2.05) is 36.4 Å². The predicted octanol–water partition coefficient (Wildman–Crippen LogP) is 5.04. The molecule has 24 heavy (non-hydrogen) atoms. The second kappa shape index (κ2) is 6.69. The van der Waals surface area contributed by atoms with Gasteiger partial charge in [-0.1, -0.05) is 37.8 Å². The van der Waals surface area contributed by atoms with Crippen molar-refractivity contribution in [2.24, 2.45) is 0 Å². The molecule has 0 radical (unpaired) electrons. The molecule has 3 rings (SSSR count). The van der Waals surface area contributed by atoms with Gasteiger partial charge in [0.1, 0.15) is 17.3 Å². The minimum Gasteiger partial charge on any atom is -0.507 e. The Hall–Kier alpha value is -2.27. The molecular weight excluding hydrogens is 316 g/mol. The zero-order valence-electron chi connectivity index (χ0n) is 14.5. The van der Waals surface area contributed by atoms with E-state index in [9.17, 15) is 5.11 Å². The van der Waals surface area contributed by atoms with Crippen LogP contribution in [0.25, 0.3) is 22.4 Å². The summed E-state index contributed by atoms with van der Waals surface area (Å²) in [6.07, 6.45) is 1.06. The van der Waals surface area contributed by atoms with Crippen LogP contribution < -0.4 is 4.74 Å². The Morgan fingerprint density at radius 2 is 1.92 bits per heavy atom. The number of aromatic nitrogens is 2. The summed E-state index contributed by atoms with van der Waals surface area (Å²) >= 11 is 0. The molecule has 4 nitrogen and oxygen atoms in total. The third-order valence-corrected chi connectivity index (χ3v) is 5.81. The minimum absolute atomic E-state index is 0.178. The van der Waals surface area contributed by atoms with Crippen molar-refractivity contribution < 1.29 is 9.84 Å². The van der Waals surface area contributed by atoms with E-state index in [1.165, 1.54) is 6.04 Å². The SMILES string of the molecule is C[Si](C)(C)CCCOc1ccc(-c2nc3ccccc3[nH]2)c(O)c1. The van der Waals surface area contributed by atoms with Crippen LogP contribution >= 0.6 is 0 Å². The number of imidazole rings is 1. The number of H-pyrrole nitrogens is 1. The molecule has 0 unspecified atom stereocenters. The van der Waals surface area contributed by atoms with Gasteiger partial charge in [-0.15, -0.1) is 0 Å². The molecule has 0 fully saturated rings.